The van der Waals surface area contributed by atoms with Gasteiger partial charge in [-0.1, -0.05) is 18.2 Å². The second-order valence-corrected chi connectivity index (χ2v) is 4.65. The summed E-state index contributed by atoms with van der Waals surface area (Å²) in [5.41, 5.74) is -0.860. The summed E-state index contributed by atoms with van der Waals surface area (Å²) in [4.78, 5) is 11.2. The van der Waals surface area contributed by atoms with Crippen molar-refractivity contribution in [3.63, 3.8) is 0 Å². The van der Waals surface area contributed by atoms with Gasteiger partial charge in [0.1, 0.15) is 6.04 Å². The molecular weight excluding hydrogens is 321 g/mol. The molecule has 8 heteroatoms. The molecule has 0 aliphatic heterocycles. The molecule has 0 fully saturated rings. The van der Waals surface area contributed by atoms with Gasteiger partial charge in [0.2, 0.25) is 5.82 Å². The maximum atomic E-state index is 13.6. The van der Waals surface area contributed by atoms with Crippen molar-refractivity contribution in [2.45, 2.75) is 12.5 Å². The van der Waals surface area contributed by atoms with Crippen LogP contribution in [0.3, 0.4) is 0 Å². The Kier molecular flexibility index (Phi) is 4.83. The van der Waals surface area contributed by atoms with Crippen LogP contribution >= 0.6 is 0 Å². The van der Waals surface area contributed by atoms with Crippen molar-refractivity contribution >= 4 is 11.7 Å². The molecule has 23 heavy (non-hydrogen) atoms. The van der Waals surface area contributed by atoms with Gasteiger partial charge >= 0.3 is 5.97 Å². The third-order valence-corrected chi connectivity index (χ3v) is 3.12. The first kappa shape index (κ1) is 16.7. The highest BCUT2D eigenvalue weighted by Gasteiger charge is 2.29. The fourth-order valence-electron chi connectivity index (χ4n) is 1.97. The van der Waals surface area contributed by atoms with Gasteiger partial charge in [-0.2, -0.15) is 0 Å². The first-order chi connectivity index (χ1) is 10.8. The van der Waals surface area contributed by atoms with E-state index in [9.17, 15) is 26.7 Å². The van der Waals surface area contributed by atoms with Crippen LogP contribution in [-0.2, 0) is 11.2 Å². The van der Waals surface area contributed by atoms with Crippen molar-refractivity contribution in [2.75, 3.05) is 5.32 Å². The highest BCUT2D eigenvalue weighted by atomic mass is 19.2. The third kappa shape index (κ3) is 3.41. The van der Waals surface area contributed by atoms with Crippen LogP contribution in [0.15, 0.2) is 30.3 Å². The predicted molar refractivity (Wildman–Crippen MR) is 71.4 cm³/mol. The average Bonchev–Trinajstić information content (AvgIpc) is 2.54. The molecule has 0 amide bonds. The fourth-order valence-corrected chi connectivity index (χ4v) is 1.97. The van der Waals surface area contributed by atoms with Gasteiger partial charge in [0.25, 0.3) is 0 Å². The normalized spacial score (nSPS) is 12.0. The van der Waals surface area contributed by atoms with Crippen molar-refractivity contribution in [1.82, 2.24) is 0 Å². The summed E-state index contributed by atoms with van der Waals surface area (Å²) >= 11 is 0. The Balaban J connectivity index is 2.36. The summed E-state index contributed by atoms with van der Waals surface area (Å²) in [7, 11) is 0. The zero-order valence-corrected chi connectivity index (χ0v) is 11.4. The van der Waals surface area contributed by atoms with Gasteiger partial charge in [0, 0.05) is 17.7 Å². The Bertz CT molecular complexity index is 707. The molecule has 2 aromatic carbocycles. The highest BCUT2D eigenvalue weighted by molar-refractivity contribution is 5.77. The SMILES string of the molecule is O=C(O)[C@H](Cc1c(F)c(F)c(F)c(F)c1F)Nc1ccccc1. The average molecular weight is 331 g/mol. The van der Waals surface area contributed by atoms with Gasteiger partial charge in [-0.15, -0.1) is 0 Å². The van der Waals surface area contributed by atoms with Gasteiger partial charge in [0.05, 0.1) is 0 Å². The molecule has 0 radical (unpaired) electrons. The third-order valence-electron chi connectivity index (χ3n) is 3.12. The Morgan fingerprint density at radius 1 is 0.913 bits per heavy atom. The van der Waals surface area contributed by atoms with E-state index in [0.29, 0.717) is 5.69 Å². The molecule has 0 aliphatic rings. The number of hydrogen-bond donors (Lipinski definition) is 2. The fraction of sp³-hybridized carbons (Fsp3) is 0.133. The Labute approximate surface area is 127 Å². The van der Waals surface area contributed by atoms with Crippen LogP contribution in [0.1, 0.15) is 5.56 Å². The number of para-hydroxylation sites is 1. The van der Waals surface area contributed by atoms with E-state index in [0.717, 1.165) is 0 Å². The van der Waals surface area contributed by atoms with Crippen LogP contribution in [0, 0.1) is 29.1 Å². The summed E-state index contributed by atoms with van der Waals surface area (Å²) in [6.07, 6.45) is -0.921. The Morgan fingerprint density at radius 2 is 1.39 bits per heavy atom. The molecule has 1 atom stereocenters. The van der Waals surface area contributed by atoms with E-state index in [2.05, 4.69) is 5.32 Å². The van der Waals surface area contributed by atoms with Gasteiger partial charge in [-0.3, -0.25) is 0 Å². The molecule has 3 nitrogen and oxygen atoms in total. The first-order valence-corrected chi connectivity index (χ1v) is 6.37. The molecule has 122 valence electrons. The smallest absolute Gasteiger partial charge is 0.326 e. The number of anilines is 1. The molecule has 0 bridgehead atoms. The number of carbonyl (C=O) groups is 1. The van der Waals surface area contributed by atoms with Gasteiger partial charge in [-0.25, -0.2) is 26.7 Å². The van der Waals surface area contributed by atoms with Crippen LogP contribution in [0.25, 0.3) is 0 Å². The number of rotatable bonds is 5. The molecule has 2 aromatic rings. The predicted octanol–water partition coefficient (Wildman–Crippen LogP) is 3.49. The number of carboxylic acid groups (broad SMARTS) is 1. The molecule has 0 spiro atoms. The lowest BCUT2D eigenvalue weighted by Gasteiger charge is -2.17. The highest BCUT2D eigenvalue weighted by Crippen LogP contribution is 2.24. The van der Waals surface area contributed by atoms with E-state index in [1.807, 2.05) is 0 Å². The Morgan fingerprint density at radius 3 is 1.87 bits per heavy atom. The molecule has 2 N–H and O–H groups in total. The lowest BCUT2D eigenvalue weighted by atomic mass is 10.0. The number of halogens is 5. The topological polar surface area (TPSA) is 49.3 Å². The maximum absolute atomic E-state index is 13.6. The van der Waals surface area contributed by atoms with Gasteiger partial charge < -0.3 is 10.4 Å². The van der Waals surface area contributed by atoms with Crippen molar-refractivity contribution < 1.29 is 31.9 Å². The molecular formula is C15H10F5NO2. The summed E-state index contributed by atoms with van der Waals surface area (Å²) in [5.74, 6) is -12.1. The van der Waals surface area contributed by atoms with Crippen molar-refractivity contribution in [3.05, 3.63) is 65.0 Å². The molecule has 0 aromatic heterocycles. The van der Waals surface area contributed by atoms with Crippen LogP contribution in [0.4, 0.5) is 27.6 Å². The van der Waals surface area contributed by atoms with E-state index in [-0.39, 0.29) is 0 Å². The molecule has 0 saturated carbocycles. The standard InChI is InChI=1S/C15H10F5NO2/c16-10-8(11(17)13(19)14(20)12(10)18)6-9(15(22)23)21-7-4-2-1-3-5-7/h1-5,9,21H,6H2,(H,22,23)/t9-/m0/s1. The summed E-state index contributed by atoms with van der Waals surface area (Å²) in [6.45, 7) is 0. The lowest BCUT2D eigenvalue weighted by Crippen LogP contribution is -2.32. The van der Waals surface area contributed by atoms with Gasteiger partial charge in [-0.05, 0) is 12.1 Å². The zero-order valence-electron chi connectivity index (χ0n) is 11.4. The minimum atomic E-state index is -2.29. The minimum Gasteiger partial charge on any atom is -0.480 e. The number of carboxylic acids is 1. The van der Waals surface area contributed by atoms with E-state index in [1.54, 1.807) is 18.2 Å². The second kappa shape index (κ2) is 6.64. The number of aliphatic carboxylic acids is 1. The summed E-state index contributed by atoms with van der Waals surface area (Å²) < 4.78 is 66.5. The van der Waals surface area contributed by atoms with Crippen LogP contribution in [0.2, 0.25) is 0 Å². The Hall–Kier alpha value is -2.64. The molecule has 2 rings (SSSR count). The largest absolute Gasteiger partial charge is 0.480 e. The van der Waals surface area contributed by atoms with Crippen LogP contribution in [0.5, 0.6) is 0 Å². The van der Waals surface area contributed by atoms with Crippen molar-refractivity contribution in [3.8, 4) is 0 Å². The molecule has 0 unspecified atom stereocenters. The maximum Gasteiger partial charge on any atom is 0.326 e. The molecule has 0 heterocycles. The number of benzene rings is 2. The zero-order chi connectivity index (χ0) is 17.1. The molecule has 0 saturated heterocycles. The molecule has 0 aliphatic carbocycles. The quantitative estimate of drug-likeness (QED) is 0.501. The summed E-state index contributed by atoms with van der Waals surface area (Å²) in [6, 6.07) is 6.23. The van der Waals surface area contributed by atoms with Crippen LogP contribution in [-0.4, -0.2) is 17.1 Å². The minimum absolute atomic E-state index is 0.323. The van der Waals surface area contributed by atoms with Gasteiger partial charge in [0.15, 0.2) is 23.3 Å². The number of hydrogen-bond acceptors (Lipinski definition) is 2. The first-order valence-electron chi connectivity index (χ1n) is 6.37. The van der Waals surface area contributed by atoms with Crippen LogP contribution < -0.4 is 5.32 Å². The summed E-state index contributed by atoms with van der Waals surface area (Å²) in [5, 5.41) is 11.6. The monoisotopic (exact) mass is 331 g/mol. The van der Waals surface area contributed by atoms with E-state index in [1.165, 1.54) is 12.1 Å². The second-order valence-electron chi connectivity index (χ2n) is 4.65. The van der Waals surface area contributed by atoms with E-state index >= 15 is 0 Å². The van der Waals surface area contributed by atoms with Crippen molar-refractivity contribution in [2.24, 2.45) is 0 Å². The lowest BCUT2D eigenvalue weighted by molar-refractivity contribution is -0.137. The number of nitrogens with one attached hydrogen (secondary N) is 1. The van der Waals surface area contributed by atoms with Crippen molar-refractivity contribution in [1.29, 1.82) is 0 Å². The van der Waals surface area contributed by atoms with E-state index in [4.69, 9.17) is 5.11 Å². The van der Waals surface area contributed by atoms with E-state index < -0.39 is 53.1 Å².